The van der Waals surface area contributed by atoms with E-state index in [0.29, 0.717) is 5.02 Å². The molecule has 4 heteroatoms. The maximum absolute atomic E-state index is 6.08. The van der Waals surface area contributed by atoms with Crippen LogP contribution >= 0.6 is 11.6 Å². The average molecular weight is 284 g/mol. The zero-order valence-electron chi connectivity index (χ0n) is 11.3. The Hall–Kier alpha value is -2.13. The minimum Gasteiger partial charge on any atom is -0.275 e. The van der Waals surface area contributed by atoms with Gasteiger partial charge in [-0.15, -0.1) is 0 Å². The SMILES string of the molecule is Cc1cc(-c2cn(C)nc2-c2cccc(Cl)c2)ccn1. The Morgan fingerprint density at radius 3 is 2.70 bits per heavy atom. The highest BCUT2D eigenvalue weighted by Crippen LogP contribution is 2.31. The molecule has 3 nitrogen and oxygen atoms in total. The molecule has 20 heavy (non-hydrogen) atoms. The van der Waals surface area contributed by atoms with Crippen LogP contribution in [0.25, 0.3) is 22.4 Å². The van der Waals surface area contributed by atoms with Crippen molar-refractivity contribution in [1.29, 1.82) is 0 Å². The Morgan fingerprint density at radius 2 is 1.95 bits per heavy atom. The van der Waals surface area contributed by atoms with E-state index in [-0.39, 0.29) is 0 Å². The fraction of sp³-hybridized carbons (Fsp3) is 0.125. The van der Waals surface area contributed by atoms with Gasteiger partial charge in [-0.05, 0) is 36.8 Å². The molecule has 0 saturated heterocycles. The number of aromatic nitrogens is 3. The molecular weight excluding hydrogens is 270 g/mol. The van der Waals surface area contributed by atoms with Crippen molar-refractivity contribution in [1.82, 2.24) is 14.8 Å². The zero-order chi connectivity index (χ0) is 14.1. The molecule has 0 atom stereocenters. The Morgan fingerprint density at radius 1 is 1.10 bits per heavy atom. The van der Waals surface area contributed by atoms with E-state index in [9.17, 15) is 0 Å². The summed E-state index contributed by atoms with van der Waals surface area (Å²) < 4.78 is 1.82. The van der Waals surface area contributed by atoms with Gasteiger partial charge >= 0.3 is 0 Å². The first-order valence-corrected chi connectivity index (χ1v) is 6.74. The van der Waals surface area contributed by atoms with Crippen LogP contribution in [0.5, 0.6) is 0 Å². The van der Waals surface area contributed by atoms with E-state index in [1.54, 1.807) is 0 Å². The summed E-state index contributed by atoms with van der Waals surface area (Å²) in [5.41, 5.74) is 5.13. The highest BCUT2D eigenvalue weighted by atomic mass is 35.5. The topological polar surface area (TPSA) is 30.7 Å². The first kappa shape index (κ1) is 12.9. The summed E-state index contributed by atoms with van der Waals surface area (Å²) in [5, 5.41) is 5.28. The second-order valence-corrected chi connectivity index (χ2v) is 5.20. The van der Waals surface area contributed by atoms with Crippen LogP contribution in [0.4, 0.5) is 0 Å². The highest BCUT2D eigenvalue weighted by molar-refractivity contribution is 6.30. The average Bonchev–Trinajstić information content (AvgIpc) is 2.81. The van der Waals surface area contributed by atoms with Gasteiger partial charge in [0.1, 0.15) is 5.69 Å². The Balaban J connectivity index is 2.18. The van der Waals surface area contributed by atoms with Crippen LogP contribution in [0.1, 0.15) is 5.69 Å². The van der Waals surface area contributed by atoms with Crippen molar-refractivity contribution in [3.63, 3.8) is 0 Å². The summed E-state index contributed by atoms with van der Waals surface area (Å²) in [7, 11) is 1.92. The lowest BCUT2D eigenvalue weighted by Gasteiger charge is -2.04. The molecule has 2 aromatic heterocycles. The molecule has 0 N–H and O–H groups in total. The number of rotatable bonds is 2. The molecule has 3 aromatic rings. The number of aryl methyl sites for hydroxylation is 2. The summed E-state index contributed by atoms with van der Waals surface area (Å²) in [4.78, 5) is 4.24. The molecule has 0 fully saturated rings. The van der Waals surface area contributed by atoms with Crippen LogP contribution in [0.2, 0.25) is 5.02 Å². The largest absolute Gasteiger partial charge is 0.275 e. The Kier molecular flexibility index (Phi) is 3.28. The number of hydrogen-bond donors (Lipinski definition) is 0. The van der Waals surface area contributed by atoms with Crippen LogP contribution in [-0.2, 0) is 7.05 Å². The molecule has 0 amide bonds. The number of nitrogens with zero attached hydrogens (tertiary/aromatic N) is 3. The minimum atomic E-state index is 0.713. The van der Waals surface area contributed by atoms with Crippen molar-refractivity contribution in [2.24, 2.45) is 7.05 Å². The van der Waals surface area contributed by atoms with Crippen LogP contribution < -0.4 is 0 Å². The molecule has 3 rings (SSSR count). The summed E-state index contributed by atoms with van der Waals surface area (Å²) >= 11 is 6.08. The van der Waals surface area contributed by atoms with E-state index in [1.807, 2.05) is 61.4 Å². The molecule has 100 valence electrons. The first-order valence-electron chi connectivity index (χ1n) is 6.36. The smallest absolute Gasteiger partial charge is 0.100 e. The molecule has 0 aliphatic rings. The predicted molar refractivity (Wildman–Crippen MR) is 81.6 cm³/mol. The van der Waals surface area contributed by atoms with Crippen LogP contribution in [0.15, 0.2) is 48.8 Å². The van der Waals surface area contributed by atoms with Crippen molar-refractivity contribution < 1.29 is 0 Å². The summed E-state index contributed by atoms with van der Waals surface area (Å²) in [5.74, 6) is 0. The van der Waals surface area contributed by atoms with Gasteiger partial charge in [-0.2, -0.15) is 5.10 Å². The van der Waals surface area contributed by atoms with Crippen molar-refractivity contribution in [3.8, 4) is 22.4 Å². The van der Waals surface area contributed by atoms with E-state index >= 15 is 0 Å². The molecule has 0 bridgehead atoms. The third-order valence-electron chi connectivity index (χ3n) is 3.13. The molecule has 1 aromatic carbocycles. The quantitative estimate of drug-likeness (QED) is 0.708. The van der Waals surface area contributed by atoms with Crippen molar-refractivity contribution in [2.75, 3.05) is 0 Å². The van der Waals surface area contributed by atoms with Gasteiger partial charge in [-0.1, -0.05) is 23.7 Å². The molecule has 0 unspecified atom stereocenters. The van der Waals surface area contributed by atoms with E-state index in [2.05, 4.69) is 16.1 Å². The monoisotopic (exact) mass is 283 g/mol. The minimum absolute atomic E-state index is 0.713. The number of pyridine rings is 1. The third kappa shape index (κ3) is 2.45. The van der Waals surface area contributed by atoms with Gasteiger partial charge in [0.15, 0.2) is 0 Å². The Bertz CT molecular complexity index is 699. The molecule has 0 aliphatic heterocycles. The van der Waals surface area contributed by atoms with E-state index < -0.39 is 0 Å². The van der Waals surface area contributed by atoms with E-state index in [0.717, 1.165) is 28.1 Å². The van der Waals surface area contributed by atoms with Gasteiger partial charge in [0.25, 0.3) is 0 Å². The van der Waals surface area contributed by atoms with E-state index in [1.165, 1.54) is 0 Å². The zero-order valence-corrected chi connectivity index (χ0v) is 12.1. The standard InChI is InChI=1S/C16H14ClN3/c1-11-8-12(6-7-18-11)15-10-20(2)19-16(15)13-4-3-5-14(17)9-13/h3-10H,1-2H3. The molecule has 2 heterocycles. The summed E-state index contributed by atoms with van der Waals surface area (Å²) in [6, 6.07) is 11.8. The fourth-order valence-electron chi connectivity index (χ4n) is 2.26. The third-order valence-corrected chi connectivity index (χ3v) is 3.37. The lowest BCUT2D eigenvalue weighted by atomic mass is 10.0. The van der Waals surface area contributed by atoms with Gasteiger partial charge in [-0.3, -0.25) is 9.67 Å². The number of halogens is 1. The van der Waals surface area contributed by atoms with Gasteiger partial charge in [0.2, 0.25) is 0 Å². The van der Waals surface area contributed by atoms with Crippen LogP contribution in [0, 0.1) is 6.92 Å². The van der Waals surface area contributed by atoms with Crippen molar-refractivity contribution in [2.45, 2.75) is 6.92 Å². The maximum Gasteiger partial charge on any atom is 0.100 e. The molecule has 0 spiro atoms. The maximum atomic E-state index is 6.08. The summed E-state index contributed by atoms with van der Waals surface area (Å²) in [6.45, 7) is 1.99. The van der Waals surface area contributed by atoms with Crippen LogP contribution in [-0.4, -0.2) is 14.8 Å². The molecule has 0 radical (unpaired) electrons. The van der Waals surface area contributed by atoms with Gasteiger partial charge in [0, 0.05) is 41.3 Å². The predicted octanol–water partition coefficient (Wildman–Crippen LogP) is 4.11. The lowest BCUT2D eigenvalue weighted by Crippen LogP contribution is -1.88. The van der Waals surface area contributed by atoms with Crippen LogP contribution in [0.3, 0.4) is 0 Å². The van der Waals surface area contributed by atoms with Gasteiger partial charge < -0.3 is 0 Å². The molecular formula is C16H14ClN3. The van der Waals surface area contributed by atoms with Gasteiger partial charge in [0.05, 0.1) is 0 Å². The highest BCUT2D eigenvalue weighted by Gasteiger charge is 2.12. The molecule has 0 aliphatic carbocycles. The number of hydrogen-bond acceptors (Lipinski definition) is 2. The molecule has 0 saturated carbocycles. The lowest BCUT2D eigenvalue weighted by molar-refractivity contribution is 0.771. The summed E-state index contributed by atoms with van der Waals surface area (Å²) in [6.07, 6.45) is 3.84. The fourth-order valence-corrected chi connectivity index (χ4v) is 2.45. The second kappa shape index (κ2) is 5.10. The first-order chi connectivity index (χ1) is 9.63. The van der Waals surface area contributed by atoms with Crippen molar-refractivity contribution >= 4 is 11.6 Å². The number of benzene rings is 1. The van der Waals surface area contributed by atoms with E-state index in [4.69, 9.17) is 11.6 Å². The normalized spacial score (nSPS) is 10.8. The second-order valence-electron chi connectivity index (χ2n) is 4.76. The Labute approximate surface area is 122 Å². The van der Waals surface area contributed by atoms with Gasteiger partial charge in [-0.25, -0.2) is 0 Å². The van der Waals surface area contributed by atoms with Crippen molar-refractivity contribution in [3.05, 3.63) is 59.5 Å².